The molecule has 0 bridgehead atoms. The molecule has 2 saturated carbocycles. The average molecular weight is 512 g/mol. The lowest BCUT2D eigenvalue weighted by atomic mass is 9.96. The van der Waals surface area contributed by atoms with Gasteiger partial charge in [0, 0.05) is 18.8 Å². The second kappa shape index (κ2) is 17.3. The first kappa shape index (κ1) is 29.3. The number of benzene rings is 2. The van der Waals surface area contributed by atoms with Gasteiger partial charge in [-0.2, -0.15) is 0 Å². The van der Waals surface area contributed by atoms with Gasteiger partial charge < -0.3 is 0 Å². The molecule has 5 heteroatoms. The molecule has 38 heavy (non-hydrogen) atoms. The molecule has 0 atom stereocenters. The molecule has 0 aliphatic heterocycles. The quantitative estimate of drug-likeness (QED) is 0.232. The van der Waals surface area contributed by atoms with Crippen LogP contribution >= 0.6 is 0 Å². The van der Waals surface area contributed by atoms with Crippen molar-refractivity contribution < 1.29 is 0 Å². The number of hydrogen-bond acceptors (Lipinski definition) is 4. The second-order valence-electron chi connectivity index (χ2n) is 10.1. The molecule has 5 rings (SSSR count). The van der Waals surface area contributed by atoms with Crippen LogP contribution in [0.3, 0.4) is 0 Å². The summed E-state index contributed by atoms with van der Waals surface area (Å²) in [5.41, 5.74) is 2.59. The summed E-state index contributed by atoms with van der Waals surface area (Å²) in [5, 5.41) is 0. The summed E-state index contributed by atoms with van der Waals surface area (Å²) in [5.74, 6) is 1.16. The molecule has 2 aliphatic rings. The van der Waals surface area contributed by atoms with Gasteiger partial charge in [-0.25, -0.2) is 15.0 Å². The lowest BCUT2D eigenvalue weighted by Crippen LogP contribution is -2.18. The Morgan fingerprint density at radius 3 is 2.00 bits per heavy atom. The Kier molecular flexibility index (Phi) is 13.3. The fourth-order valence-electron chi connectivity index (χ4n) is 5.04. The van der Waals surface area contributed by atoms with E-state index >= 15 is 0 Å². The van der Waals surface area contributed by atoms with Crippen molar-refractivity contribution in [3.63, 3.8) is 0 Å². The number of rotatable bonds is 7. The number of hydrogen-bond donors (Lipinski definition) is 0. The van der Waals surface area contributed by atoms with Crippen LogP contribution in [0.25, 0.3) is 0 Å². The van der Waals surface area contributed by atoms with E-state index in [2.05, 4.69) is 68.0 Å². The summed E-state index contributed by atoms with van der Waals surface area (Å²) >= 11 is 0. The van der Waals surface area contributed by atoms with Gasteiger partial charge in [-0.05, 0) is 43.2 Å². The van der Waals surface area contributed by atoms with Crippen LogP contribution in [0.5, 0.6) is 0 Å². The Hall–Kier alpha value is -3.30. The van der Waals surface area contributed by atoms with Crippen LogP contribution in [0.2, 0.25) is 0 Å². The van der Waals surface area contributed by atoms with Gasteiger partial charge in [-0.3, -0.25) is 9.56 Å². The van der Waals surface area contributed by atoms with Crippen molar-refractivity contribution in [2.75, 3.05) is 0 Å². The highest BCUT2D eigenvalue weighted by Gasteiger charge is 2.14. The molecule has 2 aliphatic carbocycles. The molecular formula is C33H45N5. The molecule has 1 heterocycles. The van der Waals surface area contributed by atoms with Gasteiger partial charge in [-0.15, -0.1) is 0 Å². The third-order valence-corrected chi connectivity index (χ3v) is 7.18. The number of imidazole rings is 1. The van der Waals surface area contributed by atoms with Gasteiger partial charge in [0.05, 0.1) is 24.6 Å². The zero-order valence-electron chi connectivity index (χ0n) is 22.1. The first-order valence-electron chi connectivity index (χ1n) is 14.1. The second-order valence-corrected chi connectivity index (χ2v) is 10.1. The predicted octanol–water partition coefficient (Wildman–Crippen LogP) is 8.42. The van der Waals surface area contributed by atoms with Crippen LogP contribution in [-0.4, -0.2) is 33.5 Å². The minimum absolute atomic E-state index is 0. The summed E-state index contributed by atoms with van der Waals surface area (Å²) in [6.45, 7) is 0.692. The van der Waals surface area contributed by atoms with Gasteiger partial charge >= 0.3 is 0 Å². The van der Waals surface area contributed by atoms with E-state index < -0.39 is 0 Å². The lowest BCUT2D eigenvalue weighted by molar-refractivity contribution is 0.442. The topological polar surface area (TPSA) is 54.9 Å². The van der Waals surface area contributed by atoms with Gasteiger partial charge in [0.25, 0.3) is 0 Å². The average Bonchev–Trinajstić information content (AvgIpc) is 3.51. The molecule has 0 radical (unpaired) electrons. The number of aliphatic imine (C=N–C) groups is 3. The van der Waals surface area contributed by atoms with Crippen LogP contribution in [0.15, 0.2) is 94.4 Å². The summed E-state index contributed by atoms with van der Waals surface area (Å²) in [6, 6.07) is 24.7. The van der Waals surface area contributed by atoms with Crippen molar-refractivity contribution in [3.05, 3.63) is 90.5 Å². The highest BCUT2D eigenvalue weighted by Crippen LogP contribution is 2.21. The maximum atomic E-state index is 5.03. The van der Waals surface area contributed by atoms with Crippen molar-refractivity contribution in [3.8, 4) is 0 Å². The van der Waals surface area contributed by atoms with E-state index in [0.29, 0.717) is 18.6 Å². The van der Waals surface area contributed by atoms with Crippen LogP contribution in [0.1, 0.15) is 89.2 Å². The Morgan fingerprint density at radius 1 is 0.789 bits per heavy atom. The molecule has 5 nitrogen and oxygen atoms in total. The smallest absolute Gasteiger partial charge is 0.109 e. The number of nitrogens with zero attached hydrogens (tertiary/aromatic N) is 5. The molecule has 1 aromatic heterocycles. The van der Waals surface area contributed by atoms with Gasteiger partial charge in [0.2, 0.25) is 0 Å². The largest absolute Gasteiger partial charge is 0.294 e. The highest BCUT2D eigenvalue weighted by atomic mass is 15.1. The molecule has 202 valence electrons. The summed E-state index contributed by atoms with van der Waals surface area (Å²) in [4.78, 5) is 17.8. The molecule has 0 N–H and O–H groups in total. The van der Waals surface area contributed by atoms with E-state index in [-0.39, 0.29) is 7.43 Å². The summed E-state index contributed by atoms with van der Waals surface area (Å²) in [7, 11) is 0. The molecule has 0 saturated heterocycles. The maximum Gasteiger partial charge on any atom is 0.109 e. The fraction of sp³-hybridized carbons (Fsp3) is 0.485. The Balaban J connectivity index is 0.000000213. The molecule has 0 spiro atoms. The molecule has 2 fully saturated rings. The third kappa shape index (κ3) is 10.6. The zero-order valence-corrected chi connectivity index (χ0v) is 22.1. The van der Waals surface area contributed by atoms with Crippen LogP contribution in [0.4, 0.5) is 0 Å². The minimum atomic E-state index is 0. The van der Waals surface area contributed by atoms with Crippen LogP contribution in [-0.2, 0) is 13.0 Å². The van der Waals surface area contributed by atoms with E-state index in [1.165, 1.54) is 75.3 Å². The van der Waals surface area contributed by atoms with Gasteiger partial charge in [-0.1, -0.05) is 107 Å². The molecule has 2 aromatic carbocycles. The van der Waals surface area contributed by atoms with E-state index in [4.69, 9.17) is 4.99 Å². The minimum Gasteiger partial charge on any atom is -0.294 e. The maximum absolute atomic E-state index is 5.03. The fourth-order valence-corrected chi connectivity index (χ4v) is 5.04. The van der Waals surface area contributed by atoms with E-state index in [9.17, 15) is 0 Å². The normalized spacial score (nSPS) is 16.4. The van der Waals surface area contributed by atoms with Gasteiger partial charge in [0.15, 0.2) is 0 Å². The predicted molar refractivity (Wildman–Crippen MR) is 160 cm³/mol. The lowest BCUT2D eigenvalue weighted by Gasteiger charge is -2.19. The Bertz CT molecular complexity index is 1090. The SMILES string of the molecule is C.C(=NCc1ccccc1)=NC1CCCCC1.c1ccc(CCC(=NC2CCCCC2)n2ccnc2)cc1. The zero-order chi connectivity index (χ0) is 25.4. The Labute approximate surface area is 229 Å². The van der Waals surface area contributed by atoms with E-state index in [1.54, 1.807) is 0 Å². The first-order chi connectivity index (χ1) is 18.4. The highest BCUT2D eigenvalue weighted by molar-refractivity contribution is 5.84. The van der Waals surface area contributed by atoms with E-state index in [1.807, 2.05) is 36.9 Å². The molecule has 0 unspecified atom stereocenters. The van der Waals surface area contributed by atoms with E-state index in [0.717, 1.165) is 18.7 Å². The summed E-state index contributed by atoms with van der Waals surface area (Å²) in [6.07, 6.45) is 20.6. The monoisotopic (exact) mass is 511 g/mol. The molecule has 3 aromatic rings. The standard InChI is InChI=1S/C18H23N3.C14H18N2.CH4/c1-3-7-16(8-4-1)11-12-18(21-14-13-19-15-21)20-17-9-5-2-6-10-17;1-3-7-13(8-4-1)11-15-12-16-14-9-5-2-6-10-14;/h1,3-4,7-8,13-15,17H,2,5-6,9-12H2;1,3-4,7-8,14H,2,5-6,9-11H2;1H4. The van der Waals surface area contributed by atoms with Crippen LogP contribution < -0.4 is 0 Å². The van der Waals surface area contributed by atoms with Crippen molar-refractivity contribution in [1.82, 2.24) is 9.55 Å². The first-order valence-corrected chi connectivity index (χ1v) is 14.1. The molecule has 0 amide bonds. The van der Waals surface area contributed by atoms with Crippen molar-refractivity contribution in [2.24, 2.45) is 15.0 Å². The Morgan fingerprint density at radius 2 is 1.39 bits per heavy atom. The van der Waals surface area contributed by atoms with Gasteiger partial charge in [0.1, 0.15) is 12.2 Å². The number of aryl methyl sites for hydroxylation is 1. The number of aromatic nitrogens is 2. The molecular weight excluding hydrogens is 466 g/mol. The van der Waals surface area contributed by atoms with Crippen molar-refractivity contribution in [1.29, 1.82) is 0 Å². The van der Waals surface area contributed by atoms with Crippen molar-refractivity contribution >= 4 is 11.8 Å². The summed E-state index contributed by atoms with van der Waals surface area (Å²) < 4.78 is 2.08. The third-order valence-electron chi connectivity index (χ3n) is 7.18. The van der Waals surface area contributed by atoms with Crippen molar-refractivity contribution in [2.45, 2.75) is 103 Å². The van der Waals surface area contributed by atoms with Crippen LogP contribution in [0, 0.1) is 0 Å².